The van der Waals surface area contributed by atoms with Crippen LogP contribution < -0.4 is 4.74 Å². The summed E-state index contributed by atoms with van der Waals surface area (Å²) in [6.45, 7) is 6.57. The summed E-state index contributed by atoms with van der Waals surface area (Å²) in [5, 5.41) is 0. The minimum absolute atomic E-state index is 0.151. The Morgan fingerprint density at radius 3 is 2.32 bits per heavy atom. The van der Waals surface area contributed by atoms with Gasteiger partial charge in [-0.15, -0.1) is 11.6 Å². The highest BCUT2D eigenvalue weighted by atomic mass is 35.5. The van der Waals surface area contributed by atoms with Gasteiger partial charge in [0.25, 0.3) is 0 Å². The van der Waals surface area contributed by atoms with Crippen LogP contribution in [0.15, 0.2) is 42.7 Å². The quantitative estimate of drug-likeness (QED) is 0.743. The Morgan fingerprint density at radius 1 is 1.05 bits per heavy atom. The first-order chi connectivity index (χ1) is 8.99. The van der Waals surface area contributed by atoms with Gasteiger partial charge in [-0.05, 0) is 34.7 Å². The van der Waals surface area contributed by atoms with E-state index in [1.54, 1.807) is 12.4 Å². The van der Waals surface area contributed by atoms with Crippen LogP contribution in [0.5, 0.6) is 11.5 Å². The number of aromatic nitrogens is 1. The Labute approximate surface area is 119 Å². The summed E-state index contributed by atoms with van der Waals surface area (Å²) in [6.07, 6.45) is 3.43. The molecule has 2 aromatic rings. The van der Waals surface area contributed by atoms with Crippen molar-refractivity contribution in [3.63, 3.8) is 0 Å². The van der Waals surface area contributed by atoms with Gasteiger partial charge in [0.05, 0.1) is 6.20 Å². The van der Waals surface area contributed by atoms with Gasteiger partial charge in [-0.25, -0.2) is 0 Å². The van der Waals surface area contributed by atoms with E-state index in [-0.39, 0.29) is 5.41 Å². The number of ether oxygens (including phenoxy) is 1. The van der Waals surface area contributed by atoms with E-state index in [0.29, 0.717) is 11.6 Å². The molecule has 3 heteroatoms. The predicted molar refractivity (Wildman–Crippen MR) is 79.0 cm³/mol. The lowest BCUT2D eigenvalue weighted by Crippen LogP contribution is -2.10. The van der Waals surface area contributed by atoms with Crippen LogP contribution in [0.3, 0.4) is 0 Å². The normalized spacial score (nSPS) is 11.4. The number of alkyl halides is 1. The molecule has 0 fully saturated rings. The molecule has 1 heterocycles. The van der Waals surface area contributed by atoms with Crippen LogP contribution in [0.2, 0.25) is 0 Å². The average Bonchev–Trinajstić information content (AvgIpc) is 2.38. The lowest BCUT2D eigenvalue weighted by molar-refractivity contribution is 0.478. The second-order valence-corrected chi connectivity index (χ2v) is 5.81. The summed E-state index contributed by atoms with van der Waals surface area (Å²) in [5.74, 6) is 1.95. The van der Waals surface area contributed by atoms with Crippen molar-refractivity contribution >= 4 is 11.6 Å². The second kappa shape index (κ2) is 5.62. The minimum atomic E-state index is 0.151. The largest absolute Gasteiger partial charge is 0.456 e. The van der Waals surface area contributed by atoms with E-state index in [2.05, 4.69) is 37.9 Å². The Hall–Kier alpha value is -1.54. The second-order valence-electron chi connectivity index (χ2n) is 5.54. The number of hydrogen-bond acceptors (Lipinski definition) is 2. The highest BCUT2D eigenvalue weighted by Gasteiger charge is 2.13. The molecule has 0 radical (unpaired) electrons. The van der Waals surface area contributed by atoms with Crippen molar-refractivity contribution in [2.45, 2.75) is 32.1 Å². The van der Waals surface area contributed by atoms with Crippen LogP contribution in [0.1, 0.15) is 31.9 Å². The number of benzene rings is 1. The molecule has 19 heavy (non-hydrogen) atoms. The summed E-state index contributed by atoms with van der Waals surface area (Å²) in [6, 6.07) is 10.0. The molecule has 100 valence electrons. The van der Waals surface area contributed by atoms with Crippen molar-refractivity contribution in [3.8, 4) is 11.5 Å². The van der Waals surface area contributed by atoms with Crippen molar-refractivity contribution in [2.24, 2.45) is 0 Å². The molecular weight excluding hydrogens is 258 g/mol. The zero-order valence-electron chi connectivity index (χ0n) is 11.5. The molecule has 0 N–H and O–H groups in total. The molecule has 0 atom stereocenters. The standard InChI is InChI=1S/C16H18ClNO/c1-16(2,3)13-4-6-14(7-5-13)19-15-8-12(9-17)10-18-11-15/h4-8,10-11H,9H2,1-3H3. The third-order valence-electron chi connectivity index (χ3n) is 2.88. The van der Waals surface area contributed by atoms with Gasteiger partial charge < -0.3 is 4.74 Å². The predicted octanol–water partition coefficient (Wildman–Crippen LogP) is 4.91. The molecule has 2 rings (SSSR count). The lowest BCUT2D eigenvalue weighted by atomic mass is 9.87. The molecule has 0 unspecified atom stereocenters. The van der Waals surface area contributed by atoms with E-state index in [0.717, 1.165) is 11.3 Å². The summed E-state index contributed by atoms with van der Waals surface area (Å²) >= 11 is 5.78. The average molecular weight is 276 g/mol. The maximum Gasteiger partial charge on any atom is 0.146 e. The van der Waals surface area contributed by atoms with Crippen LogP contribution in [0.4, 0.5) is 0 Å². The van der Waals surface area contributed by atoms with E-state index in [1.165, 1.54) is 5.56 Å². The van der Waals surface area contributed by atoms with Gasteiger partial charge in [0, 0.05) is 12.1 Å². The first-order valence-corrected chi connectivity index (χ1v) is 6.81. The fourth-order valence-corrected chi connectivity index (χ4v) is 1.90. The van der Waals surface area contributed by atoms with Gasteiger partial charge in [0.2, 0.25) is 0 Å². The molecular formula is C16H18ClNO. The number of pyridine rings is 1. The molecule has 0 bridgehead atoms. The third-order valence-corrected chi connectivity index (χ3v) is 3.19. The number of nitrogens with zero attached hydrogens (tertiary/aromatic N) is 1. The highest BCUT2D eigenvalue weighted by Crippen LogP contribution is 2.27. The zero-order chi connectivity index (χ0) is 13.9. The number of halogens is 1. The molecule has 0 aliphatic heterocycles. The summed E-state index contributed by atoms with van der Waals surface area (Å²) in [4.78, 5) is 4.10. The van der Waals surface area contributed by atoms with Gasteiger partial charge in [-0.1, -0.05) is 32.9 Å². The molecule has 2 nitrogen and oxygen atoms in total. The van der Waals surface area contributed by atoms with Gasteiger partial charge in [-0.2, -0.15) is 0 Å². The van der Waals surface area contributed by atoms with E-state index < -0.39 is 0 Å². The van der Waals surface area contributed by atoms with E-state index in [4.69, 9.17) is 16.3 Å². The van der Waals surface area contributed by atoms with Crippen LogP contribution in [-0.4, -0.2) is 4.98 Å². The minimum Gasteiger partial charge on any atom is -0.456 e. The zero-order valence-corrected chi connectivity index (χ0v) is 12.2. The summed E-state index contributed by atoms with van der Waals surface area (Å²) in [5.41, 5.74) is 2.39. The van der Waals surface area contributed by atoms with Gasteiger partial charge >= 0.3 is 0 Å². The molecule has 0 spiro atoms. The van der Waals surface area contributed by atoms with E-state index in [9.17, 15) is 0 Å². The highest BCUT2D eigenvalue weighted by molar-refractivity contribution is 6.17. The fourth-order valence-electron chi connectivity index (χ4n) is 1.75. The monoisotopic (exact) mass is 275 g/mol. The summed E-state index contributed by atoms with van der Waals surface area (Å²) in [7, 11) is 0. The van der Waals surface area contributed by atoms with Gasteiger partial charge in [0.1, 0.15) is 11.5 Å². The molecule has 0 amide bonds. The van der Waals surface area contributed by atoms with Gasteiger partial charge in [0.15, 0.2) is 0 Å². The molecule has 1 aromatic carbocycles. The van der Waals surface area contributed by atoms with Crippen molar-refractivity contribution < 1.29 is 4.74 Å². The third kappa shape index (κ3) is 3.71. The van der Waals surface area contributed by atoms with E-state index in [1.807, 2.05) is 18.2 Å². The van der Waals surface area contributed by atoms with Gasteiger partial charge in [-0.3, -0.25) is 4.98 Å². The van der Waals surface area contributed by atoms with Crippen LogP contribution >= 0.6 is 11.6 Å². The number of rotatable bonds is 3. The number of hydrogen-bond donors (Lipinski definition) is 0. The van der Waals surface area contributed by atoms with E-state index >= 15 is 0 Å². The lowest BCUT2D eigenvalue weighted by Gasteiger charge is -2.19. The Bertz CT molecular complexity index is 543. The van der Waals surface area contributed by atoms with Crippen LogP contribution in [0, 0.1) is 0 Å². The van der Waals surface area contributed by atoms with Crippen molar-refractivity contribution in [1.82, 2.24) is 4.98 Å². The van der Waals surface area contributed by atoms with Crippen molar-refractivity contribution in [3.05, 3.63) is 53.9 Å². The SMILES string of the molecule is CC(C)(C)c1ccc(Oc2cncc(CCl)c2)cc1. The Balaban J connectivity index is 2.15. The van der Waals surface area contributed by atoms with Crippen LogP contribution in [-0.2, 0) is 11.3 Å². The van der Waals surface area contributed by atoms with Crippen molar-refractivity contribution in [1.29, 1.82) is 0 Å². The fraction of sp³-hybridized carbons (Fsp3) is 0.312. The molecule has 0 aliphatic carbocycles. The maximum absolute atomic E-state index is 5.78. The topological polar surface area (TPSA) is 22.1 Å². The van der Waals surface area contributed by atoms with Crippen LogP contribution in [0.25, 0.3) is 0 Å². The Kier molecular flexibility index (Phi) is 4.11. The molecule has 1 aromatic heterocycles. The molecule has 0 aliphatic rings. The Morgan fingerprint density at radius 2 is 1.74 bits per heavy atom. The molecule has 0 saturated carbocycles. The molecule has 0 saturated heterocycles. The smallest absolute Gasteiger partial charge is 0.146 e. The van der Waals surface area contributed by atoms with Crippen molar-refractivity contribution in [2.75, 3.05) is 0 Å². The first kappa shape index (κ1) is 13.9. The maximum atomic E-state index is 5.78. The summed E-state index contributed by atoms with van der Waals surface area (Å²) < 4.78 is 5.77. The first-order valence-electron chi connectivity index (χ1n) is 6.27.